The lowest BCUT2D eigenvalue weighted by atomic mass is 9.67. The standard InChI is InChI=1S/C18H27N/c1-15(2)13-19-12-11-18(10-6-9-17(18)14-19)16-7-4-3-5-8-16/h3-5,7-8,15,17H,6,9-14H2,1-2H3. The van der Waals surface area contributed by atoms with Crippen molar-refractivity contribution in [2.75, 3.05) is 19.6 Å². The van der Waals surface area contributed by atoms with Crippen molar-refractivity contribution in [3.8, 4) is 0 Å². The number of nitrogens with zero attached hydrogens (tertiary/aromatic N) is 1. The molecule has 1 saturated heterocycles. The van der Waals surface area contributed by atoms with Crippen molar-refractivity contribution >= 4 is 0 Å². The van der Waals surface area contributed by atoms with E-state index in [-0.39, 0.29) is 0 Å². The van der Waals surface area contributed by atoms with Gasteiger partial charge in [0.05, 0.1) is 0 Å². The Bertz CT molecular complexity index is 411. The number of likely N-dealkylation sites (tertiary alicyclic amines) is 1. The van der Waals surface area contributed by atoms with Gasteiger partial charge in [-0.05, 0) is 43.2 Å². The normalized spacial score (nSPS) is 31.6. The highest BCUT2D eigenvalue weighted by molar-refractivity contribution is 5.29. The fourth-order valence-electron chi connectivity index (χ4n) is 4.48. The molecule has 104 valence electrons. The molecule has 0 aromatic heterocycles. The third-order valence-electron chi connectivity index (χ3n) is 5.28. The van der Waals surface area contributed by atoms with Crippen molar-refractivity contribution < 1.29 is 0 Å². The van der Waals surface area contributed by atoms with Crippen molar-refractivity contribution in [1.82, 2.24) is 4.90 Å². The molecule has 0 radical (unpaired) electrons. The minimum absolute atomic E-state index is 0.509. The van der Waals surface area contributed by atoms with E-state index in [0.717, 1.165) is 11.8 Å². The monoisotopic (exact) mass is 257 g/mol. The first-order valence-electron chi connectivity index (χ1n) is 7.98. The lowest BCUT2D eigenvalue weighted by Gasteiger charge is -2.45. The summed E-state index contributed by atoms with van der Waals surface area (Å²) >= 11 is 0. The van der Waals surface area contributed by atoms with E-state index in [0.29, 0.717) is 5.41 Å². The molecule has 0 bridgehead atoms. The molecule has 1 aromatic rings. The molecule has 1 aliphatic heterocycles. The van der Waals surface area contributed by atoms with Gasteiger partial charge in [0.2, 0.25) is 0 Å². The van der Waals surface area contributed by atoms with Crippen LogP contribution in [0.4, 0.5) is 0 Å². The molecule has 0 amide bonds. The van der Waals surface area contributed by atoms with Crippen LogP contribution in [0.25, 0.3) is 0 Å². The molecule has 19 heavy (non-hydrogen) atoms. The number of hydrogen-bond donors (Lipinski definition) is 0. The van der Waals surface area contributed by atoms with Crippen LogP contribution in [0.15, 0.2) is 30.3 Å². The Hall–Kier alpha value is -0.820. The van der Waals surface area contributed by atoms with E-state index >= 15 is 0 Å². The Labute approximate surface area is 118 Å². The van der Waals surface area contributed by atoms with Crippen molar-refractivity contribution in [1.29, 1.82) is 0 Å². The topological polar surface area (TPSA) is 3.24 Å². The maximum absolute atomic E-state index is 2.71. The van der Waals surface area contributed by atoms with E-state index < -0.39 is 0 Å². The zero-order chi connectivity index (χ0) is 13.3. The first-order valence-corrected chi connectivity index (χ1v) is 7.98. The van der Waals surface area contributed by atoms with E-state index in [1.165, 1.54) is 45.3 Å². The summed E-state index contributed by atoms with van der Waals surface area (Å²) in [6.07, 6.45) is 5.64. The molecule has 2 atom stereocenters. The van der Waals surface area contributed by atoms with Crippen LogP contribution >= 0.6 is 0 Å². The molecule has 1 heteroatoms. The summed E-state index contributed by atoms with van der Waals surface area (Å²) in [5, 5.41) is 0. The van der Waals surface area contributed by atoms with Crippen LogP contribution in [0.5, 0.6) is 0 Å². The maximum Gasteiger partial charge on any atom is 0.00183 e. The third kappa shape index (κ3) is 2.45. The van der Waals surface area contributed by atoms with Crippen molar-refractivity contribution in [2.24, 2.45) is 11.8 Å². The maximum atomic E-state index is 2.71. The average Bonchev–Trinajstić information content (AvgIpc) is 2.83. The summed E-state index contributed by atoms with van der Waals surface area (Å²) in [4.78, 5) is 2.71. The van der Waals surface area contributed by atoms with Gasteiger partial charge < -0.3 is 4.90 Å². The highest BCUT2D eigenvalue weighted by Gasteiger charge is 2.46. The number of benzene rings is 1. The van der Waals surface area contributed by atoms with Crippen LogP contribution in [-0.2, 0) is 5.41 Å². The predicted octanol–water partition coefficient (Wildman–Crippen LogP) is 4.09. The van der Waals surface area contributed by atoms with Crippen LogP contribution in [0.2, 0.25) is 0 Å². The second-order valence-corrected chi connectivity index (χ2v) is 7.01. The van der Waals surface area contributed by atoms with Gasteiger partial charge in [-0.15, -0.1) is 0 Å². The summed E-state index contributed by atoms with van der Waals surface area (Å²) in [6, 6.07) is 11.3. The molecule has 1 nitrogen and oxygen atoms in total. The number of hydrogen-bond acceptors (Lipinski definition) is 1. The Balaban J connectivity index is 1.80. The van der Waals surface area contributed by atoms with E-state index in [1.807, 2.05) is 0 Å². The van der Waals surface area contributed by atoms with Crippen LogP contribution < -0.4 is 0 Å². The molecule has 2 aliphatic rings. The summed E-state index contributed by atoms with van der Waals surface area (Å²) in [6.45, 7) is 8.58. The van der Waals surface area contributed by atoms with Crippen LogP contribution in [0.1, 0.15) is 45.1 Å². The molecule has 1 saturated carbocycles. The van der Waals surface area contributed by atoms with E-state index in [4.69, 9.17) is 0 Å². The lowest BCUT2D eigenvalue weighted by Crippen LogP contribution is -2.48. The van der Waals surface area contributed by atoms with Gasteiger partial charge in [-0.25, -0.2) is 0 Å². The minimum atomic E-state index is 0.509. The van der Waals surface area contributed by atoms with Gasteiger partial charge in [0.25, 0.3) is 0 Å². The molecular weight excluding hydrogens is 230 g/mol. The van der Waals surface area contributed by atoms with E-state index in [2.05, 4.69) is 49.1 Å². The summed E-state index contributed by atoms with van der Waals surface area (Å²) in [5.74, 6) is 1.69. The summed E-state index contributed by atoms with van der Waals surface area (Å²) < 4.78 is 0. The van der Waals surface area contributed by atoms with Crippen LogP contribution in [0, 0.1) is 11.8 Å². The Morgan fingerprint density at radius 1 is 1.21 bits per heavy atom. The second-order valence-electron chi connectivity index (χ2n) is 7.01. The Morgan fingerprint density at radius 3 is 2.74 bits per heavy atom. The highest BCUT2D eigenvalue weighted by Crippen LogP contribution is 2.50. The Kier molecular flexibility index (Phi) is 3.66. The fraction of sp³-hybridized carbons (Fsp3) is 0.667. The number of fused-ring (bicyclic) bond motifs is 1. The van der Waals surface area contributed by atoms with Gasteiger partial charge in [-0.2, -0.15) is 0 Å². The quantitative estimate of drug-likeness (QED) is 0.788. The molecule has 1 aromatic carbocycles. The van der Waals surface area contributed by atoms with Crippen LogP contribution in [0.3, 0.4) is 0 Å². The largest absolute Gasteiger partial charge is 0.303 e. The zero-order valence-corrected chi connectivity index (χ0v) is 12.4. The second kappa shape index (κ2) is 5.28. The minimum Gasteiger partial charge on any atom is -0.303 e. The van der Waals surface area contributed by atoms with Gasteiger partial charge in [-0.3, -0.25) is 0 Å². The van der Waals surface area contributed by atoms with Gasteiger partial charge >= 0.3 is 0 Å². The molecule has 0 spiro atoms. The fourth-order valence-corrected chi connectivity index (χ4v) is 4.48. The molecule has 3 rings (SSSR count). The molecule has 0 N–H and O–H groups in total. The van der Waals surface area contributed by atoms with Gasteiger partial charge in [-0.1, -0.05) is 50.6 Å². The average molecular weight is 257 g/mol. The Morgan fingerprint density at radius 2 is 2.00 bits per heavy atom. The molecule has 2 fully saturated rings. The van der Waals surface area contributed by atoms with Gasteiger partial charge in [0, 0.05) is 18.5 Å². The predicted molar refractivity (Wildman–Crippen MR) is 81.4 cm³/mol. The molecular formula is C18H27N. The smallest absolute Gasteiger partial charge is 0.00183 e. The third-order valence-corrected chi connectivity index (χ3v) is 5.28. The van der Waals surface area contributed by atoms with Crippen molar-refractivity contribution in [3.63, 3.8) is 0 Å². The molecule has 1 aliphatic carbocycles. The lowest BCUT2D eigenvalue weighted by molar-refractivity contribution is 0.101. The van der Waals surface area contributed by atoms with Gasteiger partial charge in [0.1, 0.15) is 0 Å². The van der Waals surface area contributed by atoms with E-state index in [9.17, 15) is 0 Å². The highest BCUT2D eigenvalue weighted by atomic mass is 15.1. The van der Waals surface area contributed by atoms with Crippen molar-refractivity contribution in [2.45, 2.75) is 44.9 Å². The van der Waals surface area contributed by atoms with Crippen molar-refractivity contribution in [3.05, 3.63) is 35.9 Å². The summed E-state index contributed by atoms with van der Waals surface area (Å²) in [5.41, 5.74) is 2.12. The molecule has 2 unspecified atom stereocenters. The van der Waals surface area contributed by atoms with E-state index in [1.54, 1.807) is 5.56 Å². The SMILES string of the molecule is CC(C)CN1CCC2(c3ccccc3)CCCC2C1. The summed E-state index contributed by atoms with van der Waals surface area (Å²) in [7, 11) is 0. The number of rotatable bonds is 3. The van der Waals surface area contributed by atoms with Crippen LogP contribution in [-0.4, -0.2) is 24.5 Å². The zero-order valence-electron chi connectivity index (χ0n) is 12.4. The van der Waals surface area contributed by atoms with Gasteiger partial charge in [0.15, 0.2) is 0 Å². The number of piperidine rings is 1. The first kappa shape index (κ1) is 13.2. The first-order chi connectivity index (χ1) is 9.21. The molecule has 1 heterocycles.